The maximum Gasteiger partial charge on any atom is 0 e. The molecule has 104 valence electrons. The summed E-state index contributed by atoms with van der Waals surface area (Å²) in [5, 5.41) is 0. The van der Waals surface area contributed by atoms with Crippen molar-refractivity contribution in [2.24, 2.45) is 0 Å². The Kier molecular flexibility index (Phi) is 4.55. The third-order valence-corrected chi connectivity index (χ3v) is 4.12. The van der Waals surface area contributed by atoms with Crippen molar-refractivity contribution in [3.63, 3.8) is 0 Å². The zero-order chi connectivity index (χ0) is 14.1. The van der Waals surface area contributed by atoms with Crippen molar-refractivity contribution in [3.8, 4) is 11.1 Å². The Bertz CT molecular complexity index is 816. The van der Waals surface area contributed by atoms with Gasteiger partial charge in [0.05, 0.1) is 0 Å². The summed E-state index contributed by atoms with van der Waals surface area (Å²) < 4.78 is 0. The van der Waals surface area contributed by atoms with Crippen LogP contribution in [0.15, 0.2) is 78.9 Å². The molecule has 0 saturated carbocycles. The van der Waals surface area contributed by atoms with Crippen LogP contribution < -0.4 is 0 Å². The van der Waals surface area contributed by atoms with E-state index in [9.17, 15) is 0 Å². The van der Waals surface area contributed by atoms with Gasteiger partial charge in [-0.25, -0.2) is 0 Å². The Hall–Kier alpha value is -1.72. The summed E-state index contributed by atoms with van der Waals surface area (Å²) >= 11 is 0. The standard InChI is InChI=1S/C21H16.Zr/c1-2-8-16(9-3-1)20-12-6-7-13-21(20)19-14-17-10-4-5-11-18(17)15-19;/h1-14H,15H2;. The molecule has 0 heterocycles. The maximum absolute atomic E-state index is 2.33. The molecule has 0 amide bonds. The van der Waals surface area contributed by atoms with Gasteiger partial charge in [0.1, 0.15) is 0 Å². The summed E-state index contributed by atoms with van der Waals surface area (Å²) in [6, 6.07) is 28.0. The average Bonchev–Trinajstić information content (AvgIpc) is 2.99. The summed E-state index contributed by atoms with van der Waals surface area (Å²) in [5.41, 5.74) is 8.14. The van der Waals surface area contributed by atoms with Gasteiger partial charge in [-0.15, -0.1) is 0 Å². The normalized spacial score (nSPS) is 12.3. The Labute approximate surface area is 150 Å². The molecule has 0 fully saturated rings. The van der Waals surface area contributed by atoms with E-state index in [0.29, 0.717) is 0 Å². The van der Waals surface area contributed by atoms with Crippen LogP contribution in [0.3, 0.4) is 0 Å². The second-order valence-electron chi connectivity index (χ2n) is 5.46. The van der Waals surface area contributed by atoms with E-state index in [-0.39, 0.29) is 26.2 Å². The molecule has 1 aliphatic carbocycles. The molecule has 0 bridgehead atoms. The Balaban J connectivity index is 0.00000144. The molecular formula is C21H16Zr. The van der Waals surface area contributed by atoms with Gasteiger partial charge < -0.3 is 0 Å². The van der Waals surface area contributed by atoms with Crippen LogP contribution in [0.2, 0.25) is 0 Å². The number of hydrogen-bond acceptors (Lipinski definition) is 0. The van der Waals surface area contributed by atoms with E-state index in [4.69, 9.17) is 0 Å². The smallest absolute Gasteiger partial charge is 0 e. The van der Waals surface area contributed by atoms with Gasteiger partial charge in [-0.05, 0) is 39.8 Å². The van der Waals surface area contributed by atoms with Gasteiger partial charge in [0, 0.05) is 26.2 Å². The van der Waals surface area contributed by atoms with E-state index in [1.807, 2.05) is 0 Å². The van der Waals surface area contributed by atoms with Gasteiger partial charge in [0.15, 0.2) is 0 Å². The molecule has 0 aromatic heterocycles. The van der Waals surface area contributed by atoms with Gasteiger partial charge in [0.25, 0.3) is 0 Å². The van der Waals surface area contributed by atoms with Crippen molar-refractivity contribution in [1.82, 2.24) is 0 Å². The van der Waals surface area contributed by atoms with Crippen molar-refractivity contribution in [1.29, 1.82) is 0 Å². The topological polar surface area (TPSA) is 0 Å². The Morgan fingerprint density at radius 3 is 2.00 bits per heavy atom. The molecule has 0 atom stereocenters. The molecule has 4 rings (SSSR count). The van der Waals surface area contributed by atoms with E-state index >= 15 is 0 Å². The van der Waals surface area contributed by atoms with Gasteiger partial charge in [-0.2, -0.15) is 0 Å². The summed E-state index contributed by atoms with van der Waals surface area (Å²) in [7, 11) is 0. The second kappa shape index (κ2) is 6.59. The predicted molar refractivity (Wildman–Crippen MR) is 89.9 cm³/mol. The Morgan fingerprint density at radius 2 is 1.23 bits per heavy atom. The molecular weight excluding hydrogens is 343 g/mol. The van der Waals surface area contributed by atoms with E-state index in [1.54, 1.807) is 0 Å². The van der Waals surface area contributed by atoms with Crippen molar-refractivity contribution < 1.29 is 26.2 Å². The number of fused-ring (bicyclic) bond motifs is 1. The SMILES string of the molecule is C1=C(c2ccccc2-c2ccccc2)Cc2ccccc21.[Zr]. The van der Waals surface area contributed by atoms with E-state index in [2.05, 4.69) is 84.9 Å². The van der Waals surface area contributed by atoms with Crippen molar-refractivity contribution in [3.05, 3.63) is 95.6 Å². The first-order valence-corrected chi connectivity index (χ1v) is 7.35. The fraction of sp³-hybridized carbons (Fsp3) is 0.0476. The molecule has 22 heavy (non-hydrogen) atoms. The van der Waals surface area contributed by atoms with Crippen LogP contribution in [0.1, 0.15) is 16.7 Å². The fourth-order valence-electron chi connectivity index (χ4n) is 3.09. The van der Waals surface area contributed by atoms with Gasteiger partial charge in [-0.1, -0.05) is 84.9 Å². The van der Waals surface area contributed by atoms with Crippen LogP contribution in [0.4, 0.5) is 0 Å². The minimum atomic E-state index is 0. The van der Waals surface area contributed by atoms with E-state index < -0.39 is 0 Å². The molecule has 0 radical (unpaired) electrons. The molecule has 0 nitrogen and oxygen atoms in total. The van der Waals surface area contributed by atoms with Crippen molar-refractivity contribution in [2.45, 2.75) is 6.42 Å². The first kappa shape index (κ1) is 15.2. The van der Waals surface area contributed by atoms with E-state index in [0.717, 1.165) is 6.42 Å². The molecule has 1 heteroatoms. The molecule has 0 unspecified atom stereocenters. The zero-order valence-electron chi connectivity index (χ0n) is 12.3. The van der Waals surface area contributed by atoms with Crippen LogP contribution in [0.25, 0.3) is 22.8 Å². The van der Waals surface area contributed by atoms with Gasteiger partial charge in [0.2, 0.25) is 0 Å². The molecule has 0 aliphatic heterocycles. The maximum atomic E-state index is 2.33. The predicted octanol–water partition coefficient (Wildman–Crippen LogP) is 5.45. The van der Waals surface area contributed by atoms with Crippen LogP contribution >= 0.6 is 0 Å². The number of rotatable bonds is 2. The largest absolute Gasteiger partial charge is 0.0622 e. The molecule has 1 aliphatic rings. The second-order valence-corrected chi connectivity index (χ2v) is 5.46. The molecule has 3 aromatic rings. The monoisotopic (exact) mass is 358 g/mol. The Morgan fingerprint density at radius 1 is 0.591 bits per heavy atom. The van der Waals surface area contributed by atoms with Gasteiger partial charge in [-0.3, -0.25) is 0 Å². The minimum absolute atomic E-state index is 0. The average molecular weight is 360 g/mol. The summed E-state index contributed by atoms with van der Waals surface area (Å²) in [4.78, 5) is 0. The quantitative estimate of drug-likeness (QED) is 0.571. The number of allylic oxidation sites excluding steroid dienone is 1. The van der Waals surface area contributed by atoms with Crippen LogP contribution in [0.5, 0.6) is 0 Å². The summed E-state index contributed by atoms with van der Waals surface area (Å²) in [5.74, 6) is 0. The fourth-order valence-corrected chi connectivity index (χ4v) is 3.09. The first-order chi connectivity index (χ1) is 10.4. The van der Waals surface area contributed by atoms with E-state index in [1.165, 1.54) is 33.4 Å². The van der Waals surface area contributed by atoms with Crippen LogP contribution in [-0.4, -0.2) is 0 Å². The minimum Gasteiger partial charge on any atom is -0.0622 e. The van der Waals surface area contributed by atoms with Gasteiger partial charge >= 0.3 is 0 Å². The number of hydrogen-bond donors (Lipinski definition) is 0. The molecule has 3 aromatic carbocycles. The number of benzene rings is 3. The molecule has 0 N–H and O–H groups in total. The molecule has 0 spiro atoms. The first-order valence-electron chi connectivity index (χ1n) is 7.35. The van der Waals surface area contributed by atoms with Crippen molar-refractivity contribution >= 4 is 11.6 Å². The summed E-state index contributed by atoms with van der Waals surface area (Å²) in [6.07, 6.45) is 3.36. The third kappa shape index (κ3) is 2.78. The van der Waals surface area contributed by atoms with Crippen LogP contribution in [-0.2, 0) is 32.6 Å². The molecule has 0 saturated heterocycles. The van der Waals surface area contributed by atoms with Crippen molar-refractivity contribution in [2.75, 3.05) is 0 Å². The summed E-state index contributed by atoms with van der Waals surface area (Å²) in [6.45, 7) is 0. The van der Waals surface area contributed by atoms with Crippen LogP contribution in [0, 0.1) is 0 Å². The zero-order valence-corrected chi connectivity index (χ0v) is 14.7. The third-order valence-electron chi connectivity index (χ3n) is 4.12.